The summed E-state index contributed by atoms with van der Waals surface area (Å²) in [5.74, 6) is 0.197. The summed E-state index contributed by atoms with van der Waals surface area (Å²) in [6, 6.07) is 18.2. The summed E-state index contributed by atoms with van der Waals surface area (Å²) in [5, 5.41) is 13.1. The van der Waals surface area contributed by atoms with Crippen LogP contribution in [0.4, 0.5) is 5.69 Å². The summed E-state index contributed by atoms with van der Waals surface area (Å²) < 4.78 is 12.0. The van der Waals surface area contributed by atoms with Crippen LogP contribution in [0.25, 0.3) is 11.6 Å². The summed E-state index contributed by atoms with van der Waals surface area (Å²) in [6.07, 6.45) is 1.70. The first-order valence-electron chi connectivity index (χ1n) is 9.74. The van der Waals surface area contributed by atoms with E-state index in [4.69, 9.17) is 32.7 Å². The molecule has 33 heavy (non-hydrogen) atoms. The molecule has 1 N–H and O–H groups in total. The van der Waals surface area contributed by atoms with Crippen LogP contribution >= 0.6 is 39.1 Å². The van der Waals surface area contributed by atoms with Gasteiger partial charge in [-0.15, -0.1) is 0 Å². The summed E-state index contributed by atoms with van der Waals surface area (Å²) in [7, 11) is 1.47. The first-order chi connectivity index (χ1) is 15.8. The molecule has 0 unspecified atom stereocenters. The van der Waals surface area contributed by atoms with Crippen LogP contribution in [-0.2, 0) is 4.79 Å². The lowest BCUT2D eigenvalue weighted by Crippen LogP contribution is -2.20. The van der Waals surface area contributed by atoms with Gasteiger partial charge in [-0.2, -0.15) is 5.26 Å². The summed E-state index contributed by atoms with van der Waals surface area (Å²) in [6.45, 7) is 1.60. The predicted molar refractivity (Wildman–Crippen MR) is 136 cm³/mol. The maximum absolute atomic E-state index is 12.3. The molecule has 0 aromatic heterocycles. The summed E-state index contributed by atoms with van der Waals surface area (Å²) in [4.78, 5) is 12.3. The van der Waals surface area contributed by atoms with E-state index in [9.17, 15) is 10.1 Å². The van der Waals surface area contributed by atoms with Crippen molar-refractivity contribution in [3.8, 4) is 17.6 Å². The molecule has 0 saturated carbocycles. The largest absolute Gasteiger partial charge is 0.493 e. The maximum atomic E-state index is 12.3. The fourth-order valence-electron chi connectivity index (χ4n) is 2.94. The van der Waals surface area contributed by atoms with Gasteiger partial charge in [0.1, 0.15) is 0 Å². The molecule has 0 saturated heterocycles. The zero-order chi connectivity index (χ0) is 24.0. The second kappa shape index (κ2) is 11.2. The van der Waals surface area contributed by atoms with Gasteiger partial charge in [-0.25, -0.2) is 0 Å². The molecule has 0 aliphatic rings. The number of carbonyl (C=O) groups is 1. The molecule has 8 heteroatoms. The molecule has 0 aliphatic heterocycles. The third kappa shape index (κ3) is 6.52. The number of methoxy groups -OCH3 is 1. The van der Waals surface area contributed by atoms with Crippen molar-refractivity contribution in [2.45, 2.75) is 6.92 Å². The highest BCUT2D eigenvalue weighted by atomic mass is 79.9. The minimum absolute atomic E-state index is 0.232. The number of halogens is 3. The van der Waals surface area contributed by atoms with E-state index in [0.29, 0.717) is 27.6 Å². The van der Waals surface area contributed by atoms with Crippen LogP contribution in [0.5, 0.6) is 11.5 Å². The number of aryl methyl sites for hydroxylation is 1. The van der Waals surface area contributed by atoms with Crippen molar-refractivity contribution in [3.05, 3.63) is 85.8 Å². The van der Waals surface area contributed by atoms with Gasteiger partial charge in [-0.05, 0) is 66.1 Å². The van der Waals surface area contributed by atoms with E-state index < -0.39 is 0 Å². The van der Waals surface area contributed by atoms with Crippen molar-refractivity contribution >= 4 is 62.4 Å². The number of hydrogen-bond donors (Lipinski definition) is 1. The van der Waals surface area contributed by atoms with Gasteiger partial charge in [0.05, 0.1) is 23.8 Å². The molecule has 3 aromatic rings. The molecule has 0 spiro atoms. The Morgan fingerprint density at radius 1 is 1.12 bits per heavy atom. The molecule has 0 aliphatic carbocycles. The van der Waals surface area contributed by atoms with Crippen molar-refractivity contribution in [1.29, 1.82) is 5.26 Å². The highest BCUT2D eigenvalue weighted by Crippen LogP contribution is 2.37. The Morgan fingerprint density at radius 2 is 1.85 bits per heavy atom. The quantitative estimate of drug-likeness (QED) is 0.252. The van der Waals surface area contributed by atoms with E-state index in [-0.39, 0.29) is 23.3 Å². The number of hydrogen-bond acceptors (Lipinski definition) is 4. The molecular formula is C25H19BrCl2N2O3. The van der Waals surface area contributed by atoms with Gasteiger partial charge in [0.25, 0.3) is 5.91 Å². The monoisotopic (exact) mass is 544 g/mol. The molecule has 5 nitrogen and oxygen atoms in total. The highest BCUT2D eigenvalue weighted by Gasteiger charge is 2.14. The van der Waals surface area contributed by atoms with Crippen LogP contribution in [-0.4, -0.2) is 19.6 Å². The number of benzene rings is 3. The fraction of sp³-hybridized carbons (Fsp3) is 0.120. The van der Waals surface area contributed by atoms with E-state index in [1.165, 1.54) is 7.11 Å². The number of carbonyl (C=O) groups excluding carboxylic acids is 1. The molecule has 168 valence electrons. The van der Waals surface area contributed by atoms with E-state index in [0.717, 1.165) is 15.6 Å². The zero-order valence-electron chi connectivity index (χ0n) is 17.8. The van der Waals surface area contributed by atoms with E-state index in [1.54, 1.807) is 30.3 Å². The van der Waals surface area contributed by atoms with Crippen molar-refractivity contribution in [1.82, 2.24) is 0 Å². The Labute approximate surface area is 210 Å². The van der Waals surface area contributed by atoms with Gasteiger partial charge in [-0.1, -0.05) is 57.3 Å². The second-order valence-electron chi connectivity index (χ2n) is 7.01. The van der Waals surface area contributed by atoms with Crippen LogP contribution in [0.3, 0.4) is 0 Å². The highest BCUT2D eigenvalue weighted by molar-refractivity contribution is 9.10. The second-order valence-corrected chi connectivity index (χ2v) is 8.74. The summed E-state index contributed by atoms with van der Waals surface area (Å²) >= 11 is 15.9. The third-order valence-electron chi connectivity index (χ3n) is 4.64. The molecule has 3 aromatic carbocycles. The fourth-order valence-corrected chi connectivity index (χ4v) is 3.66. The molecule has 0 heterocycles. The minimum atomic E-state index is -0.376. The molecule has 0 atom stereocenters. The van der Waals surface area contributed by atoms with Crippen LogP contribution in [0.2, 0.25) is 10.0 Å². The first-order valence-corrected chi connectivity index (χ1v) is 11.3. The number of amides is 1. The Morgan fingerprint density at radius 3 is 2.48 bits per heavy atom. The lowest BCUT2D eigenvalue weighted by atomic mass is 10.0. The Balaban J connectivity index is 1.77. The molecule has 1 amide bonds. The molecule has 3 rings (SSSR count). The Bertz CT molecular complexity index is 1250. The van der Waals surface area contributed by atoms with Gasteiger partial charge in [0.15, 0.2) is 18.1 Å². The minimum Gasteiger partial charge on any atom is -0.493 e. The first kappa shape index (κ1) is 24.7. The number of nitriles is 1. The van der Waals surface area contributed by atoms with Crippen molar-refractivity contribution in [2.24, 2.45) is 0 Å². The normalized spacial score (nSPS) is 11.0. The Kier molecular flexibility index (Phi) is 8.40. The van der Waals surface area contributed by atoms with Crippen LogP contribution in [0.15, 0.2) is 59.1 Å². The van der Waals surface area contributed by atoms with Crippen molar-refractivity contribution in [2.75, 3.05) is 19.0 Å². The van der Waals surface area contributed by atoms with Gasteiger partial charge in [0, 0.05) is 15.2 Å². The van der Waals surface area contributed by atoms with Crippen LogP contribution < -0.4 is 14.8 Å². The third-order valence-corrected chi connectivity index (χ3v) is 5.86. The summed E-state index contributed by atoms with van der Waals surface area (Å²) in [5.41, 5.74) is 3.36. The van der Waals surface area contributed by atoms with E-state index in [2.05, 4.69) is 27.3 Å². The number of rotatable bonds is 7. The van der Waals surface area contributed by atoms with E-state index >= 15 is 0 Å². The van der Waals surface area contributed by atoms with Gasteiger partial charge >= 0.3 is 0 Å². The Hall–Kier alpha value is -2.98. The van der Waals surface area contributed by atoms with Crippen molar-refractivity contribution in [3.63, 3.8) is 0 Å². The number of nitrogens with zero attached hydrogens (tertiary/aromatic N) is 1. The van der Waals surface area contributed by atoms with Crippen LogP contribution in [0, 0.1) is 18.3 Å². The van der Waals surface area contributed by atoms with E-state index in [1.807, 2.05) is 37.3 Å². The lowest BCUT2D eigenvalue weighted by Gasteiger charge is -2.14. The van der Waals surface area contributed by atoms with Gasteiger partial charge < -0.3 is 14.8 Å². The number of ether oxygens (including phenoxy) is 2. The predicted octanol–water partition coefficient (Wildman–Crippen LogP) is 7.15. The standard InChI is InChI=1S/C25H19BrCl2N2O3/c1-15-3-8-20(12-21(15)27)30-24(31)14-33-25-22(28)10-16(11-23(25)32-2)9-18(13-29)17-4-6-19(26)7-5-17/h3-12H,14H2,1-2H3,(H,30,31)/b18-9+. The topological polar surface area (TPSA) is 71.3 Å². The smallest absolute Gasteiger partial charge is 0.262 e. The molecular weight excluding hydrogens is 527 g/mol. The zero-order valence-corrected chi connectivity index (χ0v) is 20.9. The number of anilines is 1. The van der Waals surface area contributed by atoms with Crippen LogP contribution in [0.1, 0.15) is 16.7 Å². The molecule has 0 radical (unpaired) electrons. The average molecular weight is 546 g/mol. The maximum Gasteiger partial charge on any atom is 0.262 e. The SMILES string of the molecule is COc1cc(/C=C(\C#N)c2ccc(Br)cc2)cc(Cl)c1OCC(=O)Nc1ccc(C)c(Cl)c1. The molecule has 0 bridgehead atoms. The average Bonchev–Trinajstić information content (AvgIpc) is 2.79. The number of allylic oxidation sites excluding steroid dienone is 1. The molecule has 0 fully saturated rings. The number of nitrogens with one attached hydrogen (secondary N) is 1. The van der Waals surface area contributed by atoms with Gasteiger partial charge in [-0.3, -0.25) is 4.79 Å². The van der Waals surface area contributed by atoms with Crippen molar-refractivity contribution < 1.29 is 14.3 Å². The lowest BCUT2D eigenvalue weighted by molar-refractivity contribution is -0.118. The van der Waals surface area contributed by atoms with Gasteiger partial charge in [0.2, 0.25) is 0 Å².